The molecule has 0 saturated carbocycles. The molecule has 0 spiro atoms. The number of ether oxygens (including phenoxy) is 1. The lowest BCUT2D eigenvalue weighted by Crippen LogP contribution is -2.29. The molecule has 0 radical (unpaired) electrons. The predicted molar refractivity (Wildman–Crippen MR) is 59.6 cm³/mol. The summed E-state index contributed by atoms with van der Waals surface area (Å²) in [5, 5.41) is 0.479. The van der Waals surface area contributed by atoms with E-state index in [0.717, 1.165) is 4.90 Å². The maximum Gasteiger partial charge on any atom is 0.258 e. The van der Waals surface area contributed by atoms with Crippen molar-refractivity contribution in [1.29, 1.82) is 0 Å². The fourth-order valence-electron chi connectivity index (χ4n) is 1.47. The molecule has 82 valence electrons. The first-order valence-electron chi connectivity index (χ1n) is 4.53. The molecular formula is C11H8ClNO3. The molecule has 1 aromatic carbocycles. The van der Waals surface area contributed by atoms with E-state index in [2.05, 4.69) is 0 Å². The highest BCUT2D eigenvalue weighted by atomic mass is 35.5. The molecule has 0 saturated heterocycles. The van der Waals surface area contributed by atoms with Gasteiger partial charge in [-0.15, -0.1) is 0 Å². The number of methoxy groups -OCH3 is 1. The van der Waals surface area contributed by atoms with Crippen LogP contribution in [-0.4, -0.2) is 18.9 Å². The molecule has 0 fully saturated rings. The quantitative estimate of drug-likeness (QED) is 0.737. The first-order chi connectivity index (χ1) is 7.63. The minimum atomic E-state index is -0.384. The number of anilines is 1. The molecule has 0 atom stereocenters. The van der Waals surface area contributed by atoms with Crippen LogP contribution in [0.4, 0.5) is 5.69 Å². The van der Waals surface area contributed by atoms with Gasteiger partial charge in [0, 0.05) is 23.2 Å². The van der Waals surface area contributed by atoms with Gasteiger partial charge in [0.05, 0.1) is 12.8 Å². The van der Waals surface area contributed by atoms with Crippen LogP contribution in [0.5, 0.6) is 5.75 Å². The van der Waals surface area contributed by atoms with Crippen LogP contribution >= 0.6 is 11.6 Å². The van der Waals surface area contributed by atoms with Crippen LogP contribution in [0, 0.1) is 0 Å². The van der Waals surface area contributed by atoms with Crippen LogP contribution in [0.1, 0.15) is 0 Å². The molecule has 1 aliphatic rings. The topological polar surface area (TPSA) is 46.6 Å². The largest absolute Gasteiger partial charge is 0.495 e. The first kappa shape index (κ1) is 10.7. The minimum Gasteiger partial charge on any atom is -0.495 e. The van der Waals surface area contributed by atoms with Crippen molar-refractivity contribution < 1.29 is 14.3 Å². The number of amides is 2. The Labute approximate surface area is 97.1 Å². The summed E-state index contributed by atoms with van der Waals surface area (Å²) in [6.07, 6.45) is 2.44. The van der Waals surface area contributed by atoms with Crippen molar-refractivity contribution in [3.63, 3.8) is 0 Å². The lowest BCUT2D eigenvalue weighted by Gasteiger charge is -2.17. The van der Waals surface area contributed by atoms with Crippen LogP contribution in [0.2, 0.25) is 5.02 Å². The third kappa shape index (κ3) is 1.67. The third-order valence-corrected chi connectivity index (χ3v) is 2.43. The van der Waals surface area contributed by atoms with Gasteiger partial charge in [-0.3, -0.25) is 9.59 Å². The SMILES string of the molecule is COc1cc(Cl)ccc1N1C(=O)C=CC1=O. The summed E-state index contributed by atoms with van der Waals surface area (Å²) in [7, 11) is 1.45. The zero-order valence-corrected chi connectivity index (χ0v) is 9.19. The summed E-state index contributed by atoms with van der Waals surface area (Å²) in [5.41, 5.74) is 0.395. The highest BCUT2D eigenvalue weighted by molar-refractivity contribution is 6.31. The Morgan fingerprint density at radius 1 is 1.19 bits per heavy atom. The summed E-state index contributed by atoms with van der Waals surface area (Å²) < 4.78 is 5.08. The maximum atomic E-state index is 11.5. The number of benzene rings is 1. The van der Waals surface area contributed by atoms with Crippen molar-refractivity contribution in [2.24, 2.45) is 0 Å². The Morgan fingerprint density at radius 3 is 2.38 bits per heavy atom. The Balaban J connectivity index is 2.48. The van der Waals surface area contributed by atoms with Gasteiger partial charge in [0.15, 0.2) is 0 Å². The van der Waals surface area contributed by atoms with E-state index in [-0.39, 0.29) is 11.8 Å². The number of nitrogens with zero attached hydrogens (tertiary/aromatic N) is 1. The summed E-state index contributed by atoms with van der Waals surface area (Å²) in [6, 6.07) is 4.72. The number of rotatable bonds is 2. The number of imide groups is 1. The summed E-state index contributed by atoms with van der Waals surface area (Å²) in [4.78, 5) is 24.0. The van der Waals surface area contributed by atoms with Gasteiger partial charge in [0.2, 0.25) is 0 Å². The third-order valence-electron chi connectivity index (χ3n) is 2.19. The Hall–Kier alpha value is -1.81. The van der Waals surface area contributed by atoms with E-state index in [4.69, 9.17) is 16.3 Å². The Morgan fingerprint density at radius 2 is 1.81 bits per heavy atom. The van der Waals surface area contributed by atoms with Crippen molar-refractivity contribution in [3.05, 3.63) is 35.4 Å². The monoisotopic (exact) mass is 237 g/mol. The zero-order valence-electron chi connectivity index (χ0n) is 8.44. The first-order valence-corrected chi connectivity index (χ1v) is 4.91. The molecule has 0 aromatic heterocycles. The number of carbonyl (C=O) groups excluding carboxylic acids is 2. The smallest absolute Gasteiger partial charge is 0.258 e. The number of hydrogen-bond donors (Lipinski definition) is 0. The number of hydrogen-bond acceptors (Lipinski definition) is 3. The fourth-order valence-corrected chi connectivity index (χ4v) is 1.64. The van der Waals surface area contributed by atoms with Gasteiger partial charge >= 0.3 is 0 Å². The molecule has 1 heterocycles. The van der Waals surface area contributed by atoms with Crippen molar-refractivity contribution in [1.82, 2.24) is 0 Å². The van der Waals surface area contributed by atoms with Gasteiger partial charge in [-0.25, -0.2) is 4.90 Å². The van der Waals surface area contributed by atoms with Crippen molar-refractivity contribution in [3.8, 4) is 5.75 Å². The Kier molecular flexibility index (Phi) is 2.66. The van der Waals surface area contributed by atoms with E-state index >= 15 is 0 Å². The molecule has 0 N–H and O–H groups in total. The second-order valence-corrected chi connectivity index (χ2v) is 3.60. The highest BCUT2D eigenvalue weighted by Gasteiger charge is 2.27. The molecule has 2 amide bonds. The van der Waals surface area contributed by atoms with E-state index in [9.17, 15) is 9.59 Å². The number of carbonyl (C=O) groups is 2. The standard InChI is InChI=1S/C11H8ClNO3/c1-16-9-6-7(12)2-3-8(9)13-10(14)4-5-11(13)15/h2-6H,1H3. The molecule has 2 rings (SSSR count). The highest BCUT2D eigenvalue weighted by Crippen LogP contribution is 2.32. The summed E-state index contributed by atoms with van der Waals surface area (Å²) in [6.45, 7) is 0. The van der Waals surface area contributed by atoms with Crippen LogP contribution in [-0.2, 0) is 9.59 Å². The van der Waals surface area contributed by atoms with Crippen LogP contribution in [0.3, 0.4) is 0 Å². The van der Waals surface area contributed by atoms with Gasteiger partial charge in [-0.2, -0.15) is 0 Å². The summed E-state index contributed by atoms with van der Waals surface area (Å²) in [5.74, 6) is -0.380. The van der Waals surface area contributed by atoms with E-state index in [1.165, 1.54) is 19.3 Å². The molecule has 1 aromatic rings. The molecule has 16 heavy (non-hydrogen) atoms. The zero-order chi connectivity index (χ0) is 11.7. The maximum absolute atomic E-state index is 11.5. The molecule has 5 heteroatoms. The van der Waals surface area contributed by atoms with Gasteiger partial charge in [0.25, 0.3) is 11.8 Å². The van der Waals surface area contributed by atoms with E-state index in [1.807, 2.05) is 0 Å². The van der Waals surface area contributed by atoms with Gasteiger partial charge in [-0.05, 0) is 12.1 Å². The van der Waals surface area contributed by atoms with Crippen LogP contribution in [0.25, 0.3) is 0 Å². The molecule has 4 nitrogen and oxygen atoms in total. The molecule has 1 aliphatic heterocycles. The molecular weight excluding hydrogens is 230 g/mol. The lowest BCUT2D eigenvalue weighted by atomic mass is 10.2. The van der Waals surface area contributed by atoms with Crippen molar-refractivity contribution >= 4 is 29.1 Å². The minimum absolute atomic E-state index is 0.384. The van der Waals surface area contributed by atoms with Crippen LogP contribution < -0.4 is 9.64 Å². The predicted octanol–water partition coefficient (Wildman–Crippen LogP) is 1.78. The Bertz CT molecular complexity index is 478. The van der Waals surface area contributed by atoms with Crippen molar-refractivity contribution in [2.45, 2.75) is 0 Å². The van der Waals surface area contributed by atoms with Crippen LogP contribution in [0.15, 0.2) is 30.4 Å². The lowest BCUT2D eigenvalue weighted by molar-refractivity contribution is -0.120. The van der Waals surface area contributed by atoms with E-state index in [1.54, 1.807) is 18.2 Å². The van der Waals surface area contributed by atoms with E-state index in [0.29, 0.717) is 16.5 Å². The molecule has 0 unspecified atom stereocenters. The van der Waals surface area contributed by atoms with Crippen molar-refractivity contribution in [2.75, 3.05) is 12.0 Å². The van der Waals surface area contributed by atoms with Gasteiger partial charge in [0.1, 0.15) is 5.75 Å². The fraction of sp³-hybridized carbons (Fsp3) is 0.0909. The second-order valence-electron chi connectivity index (χ2n) is 3.16. The molecule has 0 aliphatic carbocycles. The van der Waals surface area contributed by atoms with Gasteiger partial charge < -0.3 is 4.74 Å². The number of halogens is 1. The van der Waals surface area contributed by atoms with E-state index < -0.39 is 0 Å². The molecule has 0 bridgehead atoms. The second kappa shape index (κ2) is 3.98. The summed E-state index contributed by atoms with van der Waals surface area (Å²) >= 11 is 5.79. The normalized spacial score (nSPS) is 14.8. The average molecular weight is 238 g/mol. The van der Waals surface area contributed by atoms with Gasteiger partial charge in [-0.1, -0.05) is 11.6 Å². The average Bonchev–Trinajstić information content (AvgIpc) is 2.59.